The fraction of sp³-hybridized carbons (Fsp3) is 0.619. The first-order valence-electron chi connectivity index (χ1n) is 9.64. The number of ether oxygens (including phenoxy) is 2. The minimum atomic E-state index is -0.232. The summed E-state index contributed by atoms with van der Waals surface area (Å²) in [5.74, 6) is 1.53. The van der Waals surface area contributed by atoms with Crippen LogP contribution in [0.5, 0.6) is 5.75 Å². The Morgan fingerprint density at radius 2 is 1.78 bits per heavy atom. The van der Waals surface area contributed by atoms with Gasteiger partial charge in [-0.3, -0.25) is 9.79 Å². The van der Waals surface area contributed by atoms with E-state index in [0.29, 0.717) is 13.0 Å². The van der Waals surface area contributed by atoms with Crippen molar-refractivity contribution in [2.75, 3.05) is 20.7 Å². The monoisotopic (exact) mass is 377 g/mol. The first-order valence-corrected chi connectivity index (χ1v) is 9.64. The number of guanidine groups is 1. The lowest BCUT2D eigenvalue weighted by Crippen LogP contribution is -2.37. The summed E-state index contributed by atoms with van der Waals surface area (Å²) in [6.07, 6.45) is 4.52. The van der Waals surface area contributed by atoms with Gasteiger partial charge in [0.05, 0.1) is 7.11 Å². The van der Waals surface area contributed by atoms with Crippen molar-refractivity contribution in [3.05, 3.63) is 29.8 Å². The smallest absolute Gasteiger partial charge is 0.305 e. The standard InChI is InChI=1S/C21H35N3O3/c1-21(2,3)27-18-13-10-9-12-17(18)16-24-20(22-4)23-15-11-7-6-8-14-19(25)26-5/h9-10,12-13H,6-8,11,14-16H2,1-5H3,(H2,22,23,24). The zero-order chi connectivity index (χ0) is 20.1. The number of esters is 1. The lowest BCUT2D eigenvalue weighted by atomic mass is 10.1. The number of carbonyl (C=O) groups is 1. The molecule has 0 heterocycles. The van der Waals surface area contributed by atoms with Crippen LogP contribution in [0.3, 0.4) is 0 Å². The highest BCUT2D eigenvalue weighted by Gasteiger charge is 2.14. The van der Waals surface area contributed by atoms with Crippen LogP contribution in [0.25, 0.3) is 0 Å². The number of aliphatic imine (C=N–C) groups is 1. The van der Waals surface area contributed by atoms with Gasteiger partial charge in [-0.15, -0.1) is 0 Å². The third-order valence-corrected chi connectivity index (χ3v) is 3.89. The van der Waals surface area contributed by atoms with E-state index >= 15 is 0 Å². The van der Waals surface area contributed by atoms with Gasteiger partial charge >= 0.3 is 5.97 Å². The van der Waals surface area contributed by atoms with E-state index in [1.807, 2.05) is 39.0 Å². The summed E-state index contributed by atoms with van der Waals surface area (Å²) in [5.41, 5.74) is 0.863. The molecule has 6 nitrogen and oxygen atoms in total. The second-order valence-corrected chi connectivity index (χ2v) is 7.42. The summed E-state index contributed by atoms with van der Waals surface area (Å²) in [6, 6.07) is 8.05. The molecule has 1 aromatic rings. The zero-order valence-corrected chi connectivity index (χ0v) is 17.4. The largest absolute Gasteiger partial charge is 0.488 e. The van der Waals surface area contributed by atoms with Gasteiger partial charge < -0.3 is 20.1 Å². The van der Waals surface area contributed by atoms with Crippen LogP contribution in [0.4, 0.5) is 0 Å². The molecule has 0 aliphatic rings. The number of nitrogens with one attached hydrogen (secondary N) is 2. The summed E-state index contributed by atoms with van der Waals surface area (Å²) in [7, 11) is 3.20. The van der Waals surface area contributed by atoms with Gasteiger partial charge in [-0.2, -0.15) is 0 Å². The molecule has 0 aliphatic carbocycles. The number of hydrogen-bond acceptors (Lipinski definition) is 4. The predicted octanol–water partition coefficient (Wildman–Crippen LogP) is 3.65. The number of carbonyl (C=O) groups excluding carboxylic acids is 1. The van der Waals surface area contributed by atoms with E-state index in [-0.39, 0.29) is 11.6 Å². The topological polar surface area (TPSA) is 72.0 Å². The molecule has 0 radical (unpaired) electrons. The fourth-order valence-electron chi connectivity index (χ4n) is 2.54. The molecule has 152 valence electrons. The van der Waals surface area contributed by atoms with Crippen LogP contribution in [0.15, 0.2) is 29.3 Å². The van der Waals surface area contributed by atoms with Gasteiger partial charge in [-0.1, -0.05) is 31.0 Å². The molecule has 0 aliphatic heterocycles. The first kappa shape index (κ1) is 22.8. The third kappa shape index (κ3) is 10.5. The normalized spacial score (nSPS) is 11.8. The predicted molar refractivity (Wildman–Crippen MR) is 110 cm³/mol. The minimum absolute atomic E-state index is 0.131. The van der Waals surface area contributed by atoms with Gasteiger partial charge in [-0.05, 0) is 39.7 Å². The van der Waals surface area contributed by atoms with E-state index in [0.717, 1.165) is 49.5 Å². The summed E-state index contributed by atoms with van der Waals surface area (Å²) in [5, 5.41) is 6.66. The Hall–Kier alpha value is -2.24. The van der Waals surface area contributed by atoms with Gasteiger partial charge in [0, 0.05) is 32.1 Å². The highest BCUT2D eigenvalue weighted by atomic mass is 16.5. The number of hydrogen-bond donors (Lipinski definition) is 2. The second kappa shape index (κ2) is 12.2. The number of unbranched alkanes of at least 4 members (excludes halogenated alkanes) is 3. The molecule has 0 saturated heterocycles. The molecular formula is C21H35N3O3. The van der Waals surface area contributed by atoms with Crippen LogP contribution in [0.2, 0.25) is 0 Å². The average Bonchev–Trinajstić information content (AvgIpc) is 2.63. The first-order chi connectivity index (χ1) is 12.9. The summed E-state index contributed by atoms with van der Waals surface area (Å²) < 4.78 is 10.7. The maximum atomic E-state index is 11.1. The van der Waals surface area contributed by atoms with E-state index < -0.39 is 0 Å². The van der Waals surface area contributed by atoms with Gasteiger partial charge in [0.2, 0.25) is 0 Å². The van der Waals surface area contributed by atoms with Crippen LogP contribution in [-0.4, -0.2) is 38.2 Å². The van der Waals surface area contributed by atoms with Crippen LogP contribution >= 0.6 is 0 Å². The Balaban J connectivity index is 2.32. The minimum Gasteiger partial charge on any atom is -0.488 e. The maximum Gasteiger partial charge on any atom is 0.305 e. The van der Waals surface area contributed by atoms with Crippen LogP contribution < -0.4 is 15.4 Å². The van der Waals surface area contributed by atoms with Crippen molar-refractivity contribution >= 4 is 11.9 Å². The molecule has 27 heavy (non-hydrogen) atoms. The fourth-order valence-corrected chi connectivity index (χ4v) is 2.54. The van der Waals surface area contributed by atoms with Crippen molar-refractivity contribution in [3.8, 4) is 5.75 Å². The molecule has 1 aromatic carbocycles. The molecular weight excluding hydrogens is 342 g/mol. The van der Waals surface area contributed by atoms with Crippen LogP contribution in [-0.2, 0) is 16.1 Å². The molecule has 2 N–H and O–H groups in total. The van der Waals surface area contributed by atoms with Crippen molar-refractivity contribution in [2.45, 2.75) is 65.0 Å². The molecule has 0 unspecified atom stereocenters. The molecule has 0 saturated carbocycles. The van der Waals surface area contributed by atoms with Gasteiger partial charge in [0.15, 0.2) is 5.96 Å². The molecule has 0 atom stereocenters. The molecule has 0 spiro atoms. The van der Waals surface area contributed by atoms with E-state index in [9.17, 15) is 4.79 Å². The SMILES string of the molecule is CN=C(NCCCCCCC(=O)OC)NCc1ccccc1OC(C)(C)C. The van der Waals surface area contributed by atoms with Crippen molar-refractivity contribution < 1.29 is 14.3 Å². The number of nitrogens with zero attached hydrogens (tertiary/aromatic N) is 1. The van der Waals surface area contributed by atoms with Crippen LogP contribution in [0, 0.1) is 0 Å². The Morgan fingerprint density at radius 1 is 1.07 bits per heavy atom. The summed E-state index contributed by atoms with van der Waals surface area (Å²) >= 11 is 0. The van der Waals surface area contributed by atoms with Crippen molar-refractivity contribution in [3.63, 3.8) is 0 Å². The number of methoxy groups -OCH3 is 1. The number of rotatable bonds is 10. The second-order valence-electron chi connectivity index (χ2n) is 7.42. The van der Waals surface area contributed by atoms with E-state index in [4.69, 9.17) is 4.74 Å². The Kier molecular flexibility index (Phi) is 10.3. The Bertz CT molecular complexity index is 595. The van der Waals surface area contributed by atoms with Crippen molar-refractivity contribution in [1.82, 2.24) is 10.6 Å². The third-order valence-electron chi connectivity index (χ3n) is 3.89. The summed E-state index contributed by atoms with van der Waals surface area (Å²) in [6.45, 7) is 7.62. The van der Waals surface area contributed by atoms with Crippen molar-refractivity contribution in [2.24, 2.45) is 4.99 Å². The molecule has 0 amide bonds. The lowest BCUT2D eigenvalue weighted by Gasteiger charge is -2.23. The summed E-state index contributed by atoms with van der Waals surface area (Å²) in [4.78, 5) is 15.3. The molecule has 6 heteroatoms. The van der Waals surface area contributed by atoms with Crippen LogP contribution in [0.1, 0.15) is 58.4 Å². The number of para-hydroxylation sites is 1. The van der Waals surface area contributed by atoms with Crippen molar-refractivity contribution in [1.29, 1.82) is 0 Å². The highest BCUT2D eigenvalue weighted by molar-refractivity contribution is 5.79. The molecule has 0 fully saturated rings. The van der Waals surface area contributed by atoms with Gasteiger partial charge in [0.1, 0.15) is 11.4 Å². The highest BCUT2D eigenvalue weighted by Crippen LogP contribution is 2.22. The zero-order valence-electron chi connectivity index (χ0n) is 17.4. The lowest BCUT2D eigenvalue weighted by molar-refractivity contribution is -0.140. The van der Waals surface area contributed by atoms with E-state index in [2.05, 4.69) is 26.4 Å². The van der Waals surface area contributed by atoms with Gasteiger partial charge in [-0.25, -0.2) is 0 Å². The Morgan fingerprint density at radius 3 is 2.44 bits per heavy atom. The Labute approximate surface area is 163 Å². The maximum absolute atomic E-state index is 11.1. The molecule has 0 aromatic heterocycles. The van der Waals surface area contributed by atoms with E-state index in [1.165, 1.54) is 7.11 Å². The number of benzene rings is 1. The molecule has 0 bridgehead atoms. The van der Waals surface area contributed by atoms with E-state index in [1.54, 1.807) is 7.05 Å². The average molecular weight is 378 g/mol. The quantitative estimate of drug-likeness (QED) is 0.282. The molecule has 1 rings (SSSR count). The van der Waals surface area contributed by atoms with Gasteiger partial charge in [0.25, 0.3) is 0 Å².